The number of nitrogens with two attached hydrogens (primary N) is 1. The highest BCUT2D eigenvalue weighted by molar-refractivity contribution is 7.99. The summed E-state index contributed by atoms with van der Waals surface area (Å²) in [5, 5.41) is 10.2. The minimum atomic E-state index is -1.16. The Bertz CT molecular complexity index is 399. The van der Waals surface area contributed by atoms with E-state index in [-0.39, 0.29) is 0 Å². The molecule has 1 atom stereocenters. The standard InChI is InChI=1S/C11H15ClN2O2S/c1-11(13,10(15)16)5-3-7-17-9-8(12)4-2-6-14-9/h2,4,6H,3,5,7,13H2,1H3,(H,15,16). The second-order valence-corrected chi connectivity index (χ2v) is 5.46. The highest BCUT2D eigenvalue weighted by atomic mass is 35.5. The molecule has 0 saturated heterocycles. The lowest BCUT2D eigenvalue weighted by molar-refractivity contribution is -0.142. The fraction of sp³-hybridized carbons (Fsp3) is 0.455. The summed E-state index contributed by atoms with van der Waals surface area (Å²) in [5.74, 6) is -0.227. The van der Waals surface area contributed by atoms with Crippen LogP contribution in [0.3, 0.4) is 0 Å². The van der Waals surface area contributed by atoms with Crippen LogP contribution in [0, 0.1) is 0 Å². The molecule has 4 nitrogen and oxygen atoms in total. The van der Waals surface area contributed by atoms with Crippen molar-refractivity contribution in [2.24, 2.45) is 5.73 Å². The summed E-state index contributed by atoms with van der Waals surface area (Å²) in [4.78, 5) is 14.9. The fourth-order valence-electron chi connectivity index (χ4n) is 1.19. The van der Waals surface area contributed by atoms with Crippen molar-refractivity contribution in [1.29, 1.82) is 0 Å². The van der Waals surface area contributed by atoms with E-state index in [2.05, 4.69) is 4.98 Å². The minimum absolute atomic E-state index is 0.430. The van der Waals surface area contributed by atoms with Gasteiger partial charge < -0.3 is 10.8 Å². The van der Waals surface area contributed by atoms with Crippen molar-refractivity contribution in [3.8, 4) is 0 Å². The van der Waals surface area contributed by atoms with Crippen LogP contribution in [0.25, 0.3) is 0 Å². The van der Waals surface area contributed by atoms with Gasteiger partial charge in [-0.3, -0.25) is 4.79 Å². The Hall–Kier alpha value is -0.780. The fourth-order valence-corrected chi connectivity index (χ4v) is 2.30. The van der Waals surface area contributed by atoms with Crippen molar-refractivity contribution in [1.82, 2.24) is 4.98 Å². The van der Waals surface area contributed by atoms with Crippen molar-refractivity contribution in [2.45, 2.75) is 30.3 Å². The lowest BCUT2D eigenvalue weighted by Gasteiger charge is -2.18. The number of rotatable bonds is 6. The van der Waals surface area contributed by atoms with Gasteiger partial charge in [-0.05, 0) is 37.7 Å². The van der Waals surface area contributed by atoms with Gasteiger partial charge in [0.05, 0.1) is 5.02 Å². The van der Waals surface area contributed by atoms with Crippen molar-refractivity contribution >= 4 is 29.3 Å². The molecule has 0 fully saturated rings. The molecule has 0 spiro atoms. The molecule has 0 radical (unpaired) electrons. The van der Waals surface area contributed by atoms with E-state index >= 15 is 0 Å². The molecular formula is C11H15ClN2O2S. The van der Waals surface area contributed by atoms with Crippen LogP contribution in [0.4, 0.5) is 0 Å². The van der Waals surface area contributed by atoms with Gasteiger partial charge in [-0.1, -0.05) is 11.6 Å². The van der Waals surface area contributed by atoms with Gasteiger partial charge >= 0.3 is 5.97 Å². The van der Waals surface area contributed by atoms with Gasteiger partial charge in [-0.2, -0.15) is 0 Å². The molecule has 0 amide bonds. The molecule has 6 heteroatoms. The van der Waals surface area contributed by atoms with E-state index in [1.807, 2.05) is 0 Å². The Kier molecular flexibility index (Phi) is 5.24. The maximum Gasteiger partial charge on any atom is 0.323 e. The van der Waals surface area contributed by atoms with Crippen molar-refractivity contribution < 1.29 is 9.90 Å². The third kappa shape index (κ3) is 4.53. The first-order valence-electron chi connectivity index (χ1n) is 5.19. The zero-order valence-electron chi connectivity index (χ0n) is 9.52. The summed E-state index contributed by atoms with van der Waals surface area (Å²) in [6.45, 7) is 1.52. The monoisotopic (exact) mass is 274 g/mol. The molecule has 94 valence electrons. The first kappa shape index (κ1) is 14.3. The van der Waals surface area contributed by atoms with Crippen LogP contribution in [-0.4, -0.2) is 27.4 Å². The van der Waals surface area contributed by atoms with Gasteiger partial charge in [-0.25, -0.2) is 4.98 Å². The maximum absolute atomic E-state index is 10.8. The second kappa shape index (κ2) is 6.23. The molecule has 0 saturated carbocycles. The topological polar surface area (TPSA) is 76.2 Å². The Morgan fingerprint density at radius 1 is 1.71 bits per heavy atom. The number of aromatic nitrogens is 1. The Morgan fingerprint density at radius 3 is 3.00 bits per heavy atom. The summed E-state index contributed by atoms with van der Waals surface area (Å²) in [6.07, 6.45) is 2.81. The first-order chi connectivity index (χ1) is 7.93. The van der Waals surface area contributed by atoms with Crippen molar-refractivity contribution in [2.75, 3.05) is 5.75 Å². The molecule has 1 aromatic heterocycles. The quantitative estimate of drug-likeness (QED) is 0.615. The number of aliphatic carboxylic acids is 1. The molecular weight excluding hydrogens is 260 g/mol. The number of carbonyl (C=O) groups is 1. The molecule has 1 aromatic rings. The van der Waals surface area contributed by atoms with Gasteiger partial charge in [-0.15, -0.1) is 11.8 Å². The highest BCUT2D eigenvalue weighted by Crippen LogP contribution is 2.25. The number of hydrogen-bond acceptors (Lipinski definition) is 4. The van der Waals surface area contributed by atoms with Crippen LogP contribution in [0.2, 0.25) is 5.02 Å². The third-order valence-corrected chi connectivity index (χ3v) is 3.80. The molecule has 0 aliphatic rings. The van der Waals surface area contributed by atoms with Crippen molar-refractivity contribution in [3.05, 3.63) is 23.4 Å². The van der Waals surface area contributed by atoms with Gasteiger partial charge in [0.1, 0.15) is 10.6 Å². The van der Waals surface area contributed by atoms with E-state index in [4.69, 9.17) is 22.4 Å². The lowest BCUT2D eigenvalue weighted by atomic mass is 9.98. The number of carboxylic acids is 1. The third-order valence-electron chi connectivity index (χ3n) is 2.29. The van der Waals surface area contributed by atoms with E-state index in [0.717, 1.165) is 10.8 Å². The number of hydrogen-bond donors (Lipinski definition) is 2. The van der Waals surface area contributed by atoms with Gasteiger partial charge in [0.25, 0.3) is 0 Å². The number of nitrogens with zero attached hydrogens (tertiary/aromatic N) is 1. The summed E-state index contributed by atoms with van der Waals surface area (Å²) in [6, 6.07) is 3.55. The molecule has 1 heterocycles. The van der Waals surface area contributed by atoms with E-state index < -0.39 is 11.5 Å². The average Bonchev–Trinajstić information content (AvgIpc) is 2.26. The van der Waals surface area contributed by atoms with E-state index in [1.165, 1.54) is 18.7 Å². The summed E-state index contributed by atoms with van der Waals surface area (Å²) in [7, 11) is 0. The highest BCUT2D eigenvalue weighted by Gasteiger charge is 2.26. The Labute approximate surface area is 110 Å². The zero-order chi connectivity index (χ0) is 12.9. The van der Waals surface area contributed by atoms with Crippen LogP contribution < -0.4 is 5.73 Å². The van der Waals surface area contributed by atoms with E-state index in [0.29, 0.717) is 17.9 Å². The Morgan fingerprint density at radius 2 is 2.41 bits per heavy atom. The van der Waals surface area contributed by atoms with Crippen LogP contribution >= 0.6 is 23.4 Å². The summed E-state index contributed by atoms with van der Waals surface area (Å²) < 4.78 is 0. The van der Waals surface area contributed by atoms with Crippen LogP contribution in [0.5, 0.6) is 0 Å². The average molecular weight is 275 g/mol. The second-order valence-electron chi connectivity index (χ2n) is 3.97. The largest absolute Gasteiger partial charge is 0.480 e. The molecule has 0 aliphatic heterocycles. The van der Waals surface area contributed by atoms with Crippen LogP contribution in [0.15, 0.2) is 23.4 Å². The smallest absolute Gasteiger partial charge is 0.323 e. The molecule has 1 unspecified atom stereocenters. The number of carboxylic acid groups (broad SMARTS) is 1. The van der Waals surface area contributed by atoms with Gasteiger partial charge in [0, 0.05) is 6.20 Å². The SMILES string of the molecule is CC(N)(CCCSc1ncccc1Cl)C(=O)O. The maximum atomic E-state index is 10.8. The number of thioether (sulfide) groups is 1. The van der Waals surface area contributed by atoms with E-state index in [1.54, 1.807) is 18.3 Å². The normalized spacial score (nSPS) is 14.3. The zero-order valence-corrected chi connectivity index (χ0v) is 11.1. The predicted octanol–water partition coefficient (Wildman–Crippen LogP) is 2.41. The molecule has 3 N–H and O–H groups in total. The number of halogens is 1. The van der Waals surface area contributed by atoms with Gasteiger partial charge in [0.15, 0.2) is 0 Å². The molecule has 0 bridgehead atoms. The number of pyridine rings is 1. The lowest BCUT2D eigenvalue weighted by Crippen LogP contribution is -2.44. The molecule has 17 heavy (non-hydrogen) atoms. The predicted molar refractivity (Wildman–Crippen MR) is 69.4 cm³/mol. The Balaban J connectivity index is 2.35. The molecule has 0 aliphatic carbocycles. The summed E-state index contributed by atoms with van der Waals surface area (Å²) >= 11 is 7.45. The van der Waals surface area contributed by atoms with Crippen LogP contribution in [-0.2, 0) is 4.79 Å². The van der Waals surface area contributed by atoms with Crippen LogP contribution in [0.1, 0.15) is 19.8 Å². The molecule has 1 rings (SSSR count). The summed E-state index contributed by atoms with van der Waals surface area (Å²) in [5.41, 5.74) is 4.46. The molecule has 0 aromatic carbocycles. The van der Waals surface area contributed by atoms with Crippen molar-refractivity contribution in [3.63, 3.8) is 0 Å². The first-order valence-corrected chi connectivity index (χ1v) is 6.55. The minimum Gasteiger partial charge on any atom is -0.480 e. The van der Waals surface area contributed by atoms with Gasteiger partial charge in [0.2, 0.25) is 0 Å². The van der Waals surface area contributed by atoms with E-state index in [9.17, 15) is 4.79 Å².